The highest BCUT2D eigenvalue weighted by Gasteiger charge is 2.09. The van der Waals surface area contributed by atoms with Gasteiger partial charge < -0.3 is 10.6 Å². The number of nitrogens with one attached hydrogen (secondary N) is 2. The number of rotatable bonds is 6. The summed E-state index contributed by atoms with van der Waals surface area (Å²) in [5.74, 6) is -0.458. The molecule has 0 spiro atoms. The predicted molar refractivity (Wildman–Crippen MR) is 167 cm³/mol. The van der Waals surface area contributed by atoms with Crippen molar-refractivity contribution in [3.8, 4) is 0 Å². The lowest BCUT2D eigenvalue weighted by Crippen LogP contribution is -2.10. The maximum atomic E-state index is 12.9. The molecule has 0 bridgehead atoms. The zero-order valence-electron chi connectivity index (χ0n) is 21.7. The Labute approximate surface area is 232 Å². The van der Waals surface area contributed by atoms with Crippen molar-refractivity contribution in [2.45, 2.75) is 0 Å². The first-order chi connectivity index (χ1) is 19.7. The Morgan fingerprint density at radius 3 is 1.27 bits per heavy atom. The van der Waals surface area contributed by atoms with Crippen molar-refractivity contribution >= 4 is 67.7 Å². The molecule has 6 rings (SSSR count). The fourth-order valence-corrected chi connectivity index (χ4v) is 5.00. The van der Waals surface area contributed by atoms with Gasteiger partial charge in [0.1, 0.15) is 0 Å². The second kappa shape index (κ2) is 11.1. The summed E-state index contributed by atoms with van der Waals surface area (Å²) in [4.78, 5) is 25.7. The Morgan fingerprint density at radius 2 is 0.800 bits per heavy atom. The van der Waals surface area contributed by atoms with Crippen molar-refractivity contribution in [3.63, 3.8) is 0 Å². The minimum absolute atomic E-state index is 0.229. The molecular weight excluding hydrogens is 492 g/mol. The van der Waals surface area contributed by atoms with Gasteiger partial charge in [-0.15, -0.1) is 0 Å². The van der Waals surface area contributed by atoms with Crippen LogP contribution >= 0.6 is 0 Å². The van der Waals surface area contributed by atoms with E-state index in [4.69, 9.17) is 0 Å². The van der Waals surface area contributed by atoms with Gasteiger partial charge in [0.25, 0.3) is 0 Å². The Morgan fingerprint density at radius 1 is 0.425 bits per heavy atom. The zero-order valence-corrected chi connectivity index (χ0v) is 21.7. The molecule has 6 aromatic rings. The van der Waals surface area contributed by atoms with Crippen LogP contribution in [-0.2, 0) is 9.59 Å². The van der Waals surface area contributed by atoms with Crippen LogP contribution in [0.4, 0.5) is 11.4 Å². The number of benzene rings is 6. The zero-order chi connectivity index (χ0) is 27.3. The number of fused-ring (bicyclic) bond motifs is 3. The third-order valence-corrected chi connectivity index (χ3v) is 6.91. The van der Waals surface area contributed by atoms with E-state index >= 15 is 0 Å². The number of carbonyl (C=O) groups excluding carboxylic acids is 2. The molecule has 192 valence electrons. The molecule has 0 unspecified atom stereocenters. The smallest absolute Gasteiger partial charge is 0.248 e. The molecule has 0 aliphatic heterocycles. The minimum Gasteiger partial charge on any atom is -0.322 e. The van der Waals surface area contributed by atoms with E-state index in [2.05, 4.69) is 34.9 Å². The number of hydrogen-bond donors (Lipinski definition) is 2. The fraction of sp³-hybridized carbons (Fsp3) is 0. The Balaban J connectivity index is 1.20. The molecule has 0 aliphatic rings. The molecule has 0 saturated heterocycles. The van der Waals surface area contributed by atoms with Crippen LogP contribution < -0.4 is 10.6 Å². The molecule has 4 nitrogen and oxygen atoms in total. The van der Waals surface area contributed by atoms with Crippen LogP contribution in [-0.4, -0.2) is 11.8 Å². The highest BCUT2D eigenvalue weighted by Crippen LogP contribution is 2.30. The largest absolute Gasteiger partial charge is 0.322 e. The molecule has 0 aliphatic carbocycles. The maximum absolute atomic E-state index is 12.9. The summed E-state index contributed by atoms with van der Waals surface area (Å²) >= 11 is 0. The molecule has 0 saturated carbocycles. The first-order valence-corrected chi connectivity index (χ1v) is 13.1. The number of anilines is 2. The third kappa shape index (κ3) is 5.24. The lowest BCUT2D eigenvalue weighted by molar-refractivity contribution is -0.112. The molecule has 6 aromatic carbocycles. The summed E-state index contributed by atoms with van der Waals surface area (Å²) in [5.41, 5.74) is 3.31. The Hall–Kier alpha value is -5.48. The Kier molecular flexibility index (Phi) is 6.89. The first-order valence-electron chi connectivity index (χ1n) is 13.1. The van der Waals surface area contributed by atoms with Gasteiger partial charge in [0.05, 0.1) is 0 Å². The normalized spacial score (nSPS) is 11.5. The van der Waals surface area contributed by atoms with Crippen LogP contribution in [0.1, 0.15) is 11.1 Å². The molecule has 0 atom stereocenters. The topological polar surface area (TPSA) is 58.2 Å². The third-order valence-electron chi connectivity index (χ3n) is 6.91. The van der Waals surface area contributed by atoms with Crippen LogP contribution in [0.15, 0.2) is 133 Å². The number of amides is 2. The van der Waals surface area contributed by atoms with E-state index in [0.29, 0.717) is 11.4 Å². The second-order valence-corrected chi connectivity index (χ2v) is 9.49. The van der Waals surface area contributed by atoms with E-state index < -0.39 is 0 Å². The van der Waals surface area contributed by atoms with Crippen molar-refractivity contribution in [1.29, 1.82) is 0 Å². The van der Waals surface area contributed by atoms with Crippen molar-refractivity contribution in [3.05, 3.63) is 145 Å². The SMILES string of the molecule is O=C(/C=C/c1cccc2ccccc12)Nc1cccc2c(NC(=O)/C=C/c3cccc4ccccc34)cccc12. The summed E-state index contributed by atoms with van der Waals surface area (Å²) < 4.78 is 0. The van der Waals surface area contributed by atoms with Crippen LogP contribution in [0.5, 0.6) is 0 Å². The summed E-state index contributed by atoms with van der Waals surface area (Å²) in [5, 5.41) is 12.1. The standard InChI is InChI=1S/C36H26N2O2/c39-35(23-21-27-13-5-11-25-9-1-3-15-29(25)27)37-33-19-7-18-32-31(33)17-8-20-34(32)38-36(40)24-22-28-14-6-12-26-10-2-4-16-30(26)28/h1-24H,(H,37,39)(H,38,40)/b23-21+,24-22+. The van der Waals surface area contributed by atoms with Gasteiger partial charge in [-0.05, 0) is 57.0 Å². The molecule has 0 aromatic heterocycles. The average Bonchev–Trinajstić information content (AvgIpc) is 2.99. The maximum Gasteiger partial charge on any atom is 0.248 e. The summed E-state index contributed by atoms with van der Waals surface area (Å²) in [6.07, 6.45) is 6.75. The van der Waals surface area contributed by atoms with Crippen LogP contribution in [0.3, 0.4) is 0 Å². The van der Waals surface area contributed by atoms with Crippen molar-refractivity contribution in [2.75, 3.05) is 10.6 Å². The highest BCUT2D eigenvalue weighted by atomic mass is 16.2. The average molecular weight is 519 g/mol. The van der Waals surface area contributed by atoms with Gasteiger partial charge in [0.15, 0.2) is 0 Å². The molecule has 2 amide bonds. The van der Waals surface area contributed by atoms with E-state index in [1.165, 1.54) is 0 Å². The predicted octanol–water partition coefficient (Wildman–Crippen LogP) is 8.45. The van der Waals surface area contributed by atoms with E-state index in [0.717, 1.165) is 43.4 Å². The van der Waals surface area contributed by atoms with E-state index in [1.807, 2.05) is 109 Å². The molecular formula is C36H26N2O2. The lowest BCUT2D eigenvalue weighted by atomic mass is 10.0. The monoisotopic (exact) mass is 518 g/mol. The van der Waals surface area contributed by atoms with Crippen LogP contribution in [0.2, 0.25) is 0 Å². The number of carbonyl (C=O) groups is 2. The van der Waals surface area contributed by atoms with Gasteiger partial charge >= 0.3 is 0 Å². The molecule has 0 heterocycles. The molecule has 0 radical (unpaired) electrons. The van der Waals surface area contributed by atoms with Gasteiger partial charge in [-0.1, -0.05) is 109 Å². The number of hydrogen-bond acceptors (Lipinski definition) is 2. The van der Waals surface area contributed by atoms with Gasteiger partial charge in [-0.25, -0.2) is 0 Å². The van der Waals surface area contributed by atoms with Crippen LogP contribution in [0.25, 0.3) is 44.5 Å². The molecule has 0 fully saturated rings. The van der Waals surface area contributed by atoms with E-state index in [9.17, 15) is 9.59 Å². The molecule has 4 heteroatoms. The minimum atomic E-state index is -0.229. The molecule has 2 N–H and O–H groups in total. The quantitative estimate of drug-likeness (QED) is 0.217. The Bertz CT molecular complexity index is 1800. The van der Waals surface area contributed by atoms with Gasteiger partial charge in [-0.2, -0.15) is 0 Å². The summed E-state index contributed by atoms with van der Waals surface area (Å²) in [6.45, 7) is 0. The van der Waals surface area contributed by atoms with Crippen molar-refractivity contribution in [2.24, 2.45) is 0 Å². The second-order valence-electron chi connectivity index (χ2n) is 9.49. The van der Waals surface area contributed by atoms with E-state index in [-0.39, 0.29) is 11.8 Å². The van der Waals surface area contributed by atoms with Crippen molar-refractivity contribution < 1.29 is 9.59 Å². The molecule has 40 heavy (non-hydrogen) atoms. The van der Waals surface area contributed by atoms with Gasteiger partial charge in [-0.3, -0.25) is 9.59 Å². The lowest BCUT2D eigenvalue weighted by Gasteiger charge is -2.11. The van der Waals surface area contributed by atoms with Gasteiger partial charge in [0.2, 0.25) is 11.8 Å². The van der Waals surface area contributed by atoms with Gasteiger partial charge in [0, 0.05) is 34.3 Å². The highest BCUT2D eigenvalue weighted by molar-refractivity contribution is 6.13. The first kappa shape index (κ1) is 24.8. The summed E-state index contributed by atoms with van der Waals surface area (Å²) in [6, 6.07) is 39.6. The van der Waals surface area contributed by atoms with E-state index in [1.54, 1.807) is 12.2 Å². The fourth-order valence-electron chi connectivity index (χ4n) is 5.00. The summed E-state index contributed by atoms with van der Waals surface area (Å²) in [7, 11) is 0. The van der Waals surface area contributed by atoms with Crippen LogP contribution in [0, 0.1) is 0 Å². The van der Waals surface area contributed by atoms with Crippen molar-refractivity contribution in [1.82, 2.24) is 0 Å².